The van der Waals surface area contributed by atoms with Gasteiger partial charge in [0.2, 0.25) is 0 Å². The van der Waals surface area contributed by atoms with E-state index in [1.807, 2.05) is 36.0 Å². The zero-order valence-corrected chi connectivity index (χ0v) is 6.31. The number of rotatable bonds is 2. The summed E-state index contributed by atoms with van der Waals surface area (Å²) >= 11 is 0. The highest BCUT2D eigenvalue weighted by molar-refractivity contribution is 5.83. The van der Waals surface area contributed by atoms with Gasteiger partial charge in [-0.05, 0) is 19.1 Å². The summed E-state index contributed by atoms with van der Waals surface area (Å²) in [5, 5.41) is 11.3. The Kier molecular flexibility index (Phi) is 2.15. The van der Waals surface area contributed by atoms with Crippen LogP contribution >= 0.6 is 0 Å². The van der Waals surface area contributed by atoms with Gasteiger partial charge in [-0.1, -0.05) is 5.16 Å². The van der Waals surface area contributed by atoms with E-state index >= 15 is 0 Å². The Morgan fingerprint density at radius 1 is 1.55 bits per heavy atom. The van der Waals surface area contributed by atoms with Crippen molar-refractivity contribution in [1.29, 1.82) is 0 Å². The standard InChI is InChI=1S/C7H11N3O/c1-6(7(8)9-11)10-4-2-3-5-10/h2-6,11H,1H3,(H2,8,9)/t6-/m1/s1. The lowest BCUT2D eigenvalue weighted by atomic mass is 10.3. The van der Waals surface area contributed by atoms with E-state index in [-0.39, 0.29) is 11.9 Å². The first-order valence-corrected chi connectivity index (χ1v) is 3.35. The molecule has 4 heteroatoms. The molecule has 0 aliphatic heterocycles. The molecule has 1 heterocycles. The number of oxime groups is 1. The Bertz CT molecular complexity index is 240. The van der Waals surface area contributed by atoms with Crippen LogP contribution in [0.1, 0.15) is 13.0 Å². The molecule has 0 saturated heterocycles. The number of nitrogens with zero attached hydrogens (tertiary/aromatic N) is 2. The predicted molar refractivity (Wildman–Crippen MR) is 42.6 cm³/mol. The topological polar surface area (TPSA) is 63.5 Å². The van der Waals surface area contributed by atoms with E-state index in [9.17, 15) is 0 Å². The van der Waals surface area contributed by atoms with Gasteiger partial charge >= 0.3 is 0 Å². The number of amidine groups is 1. The van der Waals surface area contributed by atoms with Crippen LogP contribution in [-0.4, -0.2) is 15.6 Å². The van der Waals surface area contributed by atoms with E-state index in [4.69, 9.17) is 10.9 Å². The average Bonchev–Trinajstić information content (AvgIpc) is 2.53. The van der Waals surface area contributed by atoms with E-state index in [1.54, 1.807) is 0 Å². The third-order valence-corrected chi connectivity index (χ3v) is 1.62. The van der Waals surface area contributed by atoms with Crippen LogP contribution in [0.15, 0.2) is 29.7 Å². The van der Waals surface area contributed by atoms with Crippen molar-refractivity contribution in [3.05, 3.63) is 24.5 Å². The summed E-state index contributed by atoms with van der Waals surface area (Å²) in [6.45, 7) is 1.86. The molecule has 0 amide bonds. The summed E-state index contributed by atoms with van der Waals surface area (Å²) in [7, 11) is 0. The molecule has 0 aliphatic rings. The van der Waals surface area contributed by atoms with Crippen molar-refractivity contribution in [3.8, 4) is 0 Å². The van der Waals surface area contributed by atoms with Gasteiger partial charge in [0.15, 0.2) is 5.84 Å². The molecule has 3 N–H and O–H groups in total. The number of hydrogen-bond donors (Lipinski definition) is 2. The van der Waals surface area contributed by atoms with Crippen molar-refractivity contribution in [2.75, 3.05) is 0 Å². The van der Waals surface area contributed by atoms with E-state index in [2.05, 4.69) is 5.16 Å². The van der Waals surface area contributed by atoms with Crippen LogP contribution in [0, 0.1) is 0 Å². The SMILES string of the molecule is C[C@H](C(N)=NO)n1cccc1. The maximum atomic E-state index is 8.35. The van der Waals surface area contributed by atoms with Gasteiger partial charge in [0, 0.05) is 12.4 Å². The molecule has 1 rings (SSSR count). The van der Waals surface area contributed by atoms with Gasteiger partial charge in [-0.2, -0.15) is 0 Å². The second kappa shape index (κ2) is 3.09. The monoisotopic (exact) mass is 153 g/mol. The van der Waals surface area contributed by atoms with Crippen LogP contribution < -0.4 is 5.73 Å². The largest absolute Gasteiger partial charge is 0.409 e. The lowest BCUT2D eigenvalue weighted by molar-refractivity contribution is 0.314. The minimum Gasteiger partial charge on any atom is -0.409 e. The molecule has 1 aromatic heterocycles. The van der Waals surface area contributed by atoms with E-state index in [1.165, 1.54) is 0 Å². The van der Waals surface area contributed by atoms with E-state index in [0.29, 0.717) is 0 Å². The molecule has 0 saturated carbocycles. The lowest BCUT2D eigenvalue weighted by Gasteiger charge is -2.10. The van der Waals surface area contributed by atoms with Gasteiger partial charge in [-0.25, -0.2) is 0 Å². The van der Waals surface area contributed by atoms with Gasteiger partial charge in [0.05, 0.1) is 6.04 Å². The van der Waals surface area contributed by atoms with Crippen molar-refractivity contribution in [2.45, 2.75) is 13.0 Å². The number of aromatic nitrogens is 1. The van der Waals surface area contributed by atoms with Crippen LogP contribution in [0.3, 0.4) is 0 Å². The van der Waals surface area contributed by atoms with Crippen LogP contribution in [0.5, 0.6) is 0 Å². The average molecular weight is 153 g/mol. The third-order valence-electron chi connectivity index (χ3n) is 1.62. The Morgan fingerprint density at radius 3 is 2.55 bits per heavy atom. The minimum atomic E-state index is -0.0880. The molecule has 1 atom stereocenters. The highest BCUT2D eigenvalue weighted by Gasteiger charge is 2.06. The molecule has 0 aromatic carbocycles. The Labute approximate surface area is 64.9 Å². The molecule has 0 spiro atoms. The molecule has 0 bridgehead atoms. The molecule has 60 valence electrons. The van der Waals surface area contributed by atoms with E-state index in [0.717, 1.165) is 0 Å². The summed E-state index contributed by atoms with van der Waals surface area (Å²) in [5.41, 5.74) is 5.39. The highest BCUT2D eigenvalue weighted by atomic mass is 16.4. The fraction of sp³-hybridized carbons (Fsp3) is 0.286. The third kappa shape index (κ3) is 1.52. The maximum absolute atomic E-state index is 8.35. The van der Waals surface area contributed by atoms with E-state index < -0.39 is 0 Å². The van der Waals surface area contributed by atoms with Crippen molar-refractivity contribution in [1.82, 2.24) is 4.57 Å². The molecule has 11 heavy (non-hydrogen) atoms. The molecule has 1 aromatic rings. The maximum Gasteiger partial charge on any atom is 0.161 e. The molecule has 0 unspecified atom stereocenters. The Hall–Kier alpha value is -1.45. The normalized spacial score (nSPS) is 14.8. The quantitative estimate of drug-likeness (QED) is 0.285. The summed E-state index contributed by atoms with van der Waals surface area (Å²) < 4.78 is 1.86. The molecule has 0 aliphatic carbocycles. The van der Waals surface area contributed by atoms with Gasteiger partial charge in [-0.15, -0.1) is 0 Å². The van der Waals surface area contributed by atoms with Gasteiger partial charge < -0.3 is 15.5 Å². The Balaban J connectivity index is 2.78. The first kappa shape index (κ1) is 7.65. The van der Waals surface area contributed by atoms with Crippen molar-refractivity contribution in [3.63, 3.8) is 0 Å². The van der Waals surface area contributed by atoms with Crippen LogP contribution in [0.25, 0.3) is 0 Å². The predicted octanol–water partition coefficient (Wildman–Crippen LogP) is 0.796. The molecule has 0 fully saturated rings. The summed E-state index contributed by atoms with van der Waals surface area (Å²) in [4.78, 5) is 0. The Morgan fingerprint density at radius 2 is 2.09 bits per heavy atom. The zero-order chi connectivity index (χ0) is 8.27. The first-order chi connectivity index (χ1) is 5.25. The van der Waals surface area contributed by atoms with Crippen molar-refractivity contribution < 1.29 is 5.21 Å². The van der Waals surface area contributed by atoms with Gasteiger partial charge in [0.1, 0.15) is 0 Å². The van der Waals surface area contributed by atoms with Crippen molar-refractivity contribution >= 4 is 5.84 Å². The second-order valence-electron chi connectivity index (χ2n) is 2.33. The number of nitrogens with two attached hydrogens (primary N) is 1. The fourth-order valence-corrected chi connectivity index (χ4v) is 0.842. The minimum absolute atomic E-state index is 0.0880. The smallest absolute Gasteiger partial charge is 0.161 e. The van der Waals surface area contributed by atoms with Crippen LogP contribution in [0.4, 0.5) is 0 Å². The summed E-state index contributed by atoms with van der Waals surface area (Å²) in [5.74, 6) is 0.209. The zero-order valence-electron chi connectivity index (χ0n) is 6.31. The van der Waals surface area contributed by atoms with Gasteiger partial charge in [0.25, 0.3) is 0 Å². The first-order valence-electron chi connectivity index (χ1n) is 3.35. The molecular weight excluding hydrogens is 142 g/mol. The summed E-state index contributed by atoms with van der Waals surface area (Å²) in [6, 6.07) is 3.69. The van der Waals surface area contributed by atoms with Crippen LogP contribution in [0.2, 0.25) is 0 Å². The molecular formula is C7H11N3O. The summed E-state index contributed by atoms with van der Waals surface area (Å²) in [6.07, 6.45) is 3.73. The van der Waals surface area contributed by atoms with Crippen molar-refractivity contribution in [2.24, 2.45) is 10.9 Å². The molecule has 4 nitrogen and oxygen atoms in total. The number of hydrogen-bond acceptors (Lipinski definition) is 2. The lowest BCUT2D eigenvalue weighted by Crippen LogP contribution is -2.23. The fourth-order valence-electron chi connectivity index (χ4n) is 0.842. The highest BCUT2D eigenvalue weighted by Crippen LogP contribution is 2.04. The second-order valence-corrected chi connectivity index (χ2v) is 2.33. The molecule has 0 radical (unpaired) electrons. The van der Waals surface area contributed by atoms with Gasteiger partial charge in [-0.3, -0.25) is 0 Å². The van der Waals surface area contributed by atoms with Crippen LogP contribution in [-0.2, 0) is 0 Å².